The largest absolute Gasteiger partial charge is 0.393 e. The van der Waals surface area contributed by atoms with Crippen LogP contribution < -0.4 is 11.1 Å². The van der Waals surface area contributed by atoms with E-state index in [4.69, 9.17) is 5.73 Å². The summed E-state index contributed by atoms with van der Waals surface area (Å²) < 4.78 is 0. The molecule has 1 amide bonds. The van der Waals surface area contributed by atoms with E-state index in [0.717, 1.165) is 6.42 Å². The molecule has 0 aliphatic heterocycles. The average Bonchev–Trinajstić information content (AvgIpc) is 2.66. The highest BCUT2D eigenvalue weighted by molar-refractivity contribution is 7.80. The lowest BCUT2D eigenvalue weighted by atomic mass is 10.2. The van der Waals surface area contributed by atoms with E-state index in [0.29, 0.717) is 12.0 Å². The third-order valence-corrected chi connectivity index (χ3v) is 2.41. The van der Waals surface area contributed by atoms with Crippen LogP contribution in [0, 0.1) is 5.92 Å². The molecule has 3 N–H and O–H groups in total. The van der Waals surface area contributed by atoms with Crippen LogP contribution in [0.15, 0.2) is 0 Å². The van der Waals surface area contributed by atoms with Crippen molar-refractivity contribution in [1.29, 1.82) is 0 Å². The van der Waals surface area contributed by atoms with Gasteiger partial charge in [0, 0.05) is 6.04 Å². The third kappa shape index (κ3) is 3.72. The molecule has 13 heavy (non-hydrogen) atoms. The summed E-state index contributed by atoms with van der Waals surface area (Å²) in [5.74, 6) is 0.663. The molecule has 2 atom stereocenters. The van der Waals surface area contributed by atoms with Crippen molar-refractivity contribution in [1.82, 2.24) is 5.32 Å². The summed E-state index contributed by atoms with van der Waals surface area (Å²) in [5.41, 5.74) is 5.25. The zero-order chi connectivity index (χ0) is 9.84. The highest BCUT2D eigenvalue weighted by atomic mass is 32.1. The van der Waals surface area contributed by atoms with Crippen LogP contribution in [0.2, 0.25) is 0 Å². The number of carbonyl (C=O) groups is 1. The number of thiocarbonyl (C=S) groups is 1. The van der Waals surface area contributed by atoms with E-state index in [9.17, 15) is 4.79 Å². The minimum Gasteiger partial charge on any atom is -0.393 e. The Hall–Kier alpha value is -0.640. The molecule has 1 aliphatic rings. The molecule has 0 bridgehead atoms. The zero-order valence-electron chi connectivity index (χ0n) is 7.88. The van der Waals surface area contributed by atoms with E-state index >= 15 is 0 Å². The Kier molecular flexibility index (Phi) is 3.66. The summed E-state index contributed by atoms with van der Waals surface area (Å²) in [6, 6.07) is 0.391. The molecule has 0 aromatic carbocycles. The van der Waals surface area contributed by atoms with Crippen LogP contribution in [0.1, 0.15) is 32.6 Å². The van der Waals surface area contributed by atoms with E-state index in [-0.39, 0.29) is 17.3 Å². The van der Waals surface area contributed by atoms with Crippen LogP contribution in [0.25, 0.3) is 0 Å². The second kappa shape index (κ2) is 4.56. The van der Waals surface area contributed by atoms with Crippen molar-refractivity contribution >= 4 is 23.1 Å². The van der Waals surface area contributed by atoms with Gasteiger partial charge in [0.2, 0.25) is 5.91 Å². The minimum absolute atomic E-state index is 0.0314. The molecule has 1 saturated carbocycles. The quantitative estimate of drug-likeness (QED) is 0.650. The van der Waals surface area contributed by atoms with Crippen molar-refractivity contribution in [2.45, 2.75) is 38.6 Å². The summed E-state index contributed by atoms with van der Waals surface area (Å²) in [5, 5.41) is 2.91. The van der Waals surface area contributed by atoms with Crippen LogP contribution in [0.4, 0.5) is 0 Å². The van der Waals surface area contributed by atoms with Crippen LogP contribution in [-0.4, -0.2) is 16.9 Å². The maximum absolute atomic E-state index is 11.2. The first-order valence-electron chi connectivity index (χ1n) is 4.71. The van der Waals surface area contributed by atoms with Gasteiger partial charge in [0.15, 0.2) is 0 Å². The van der Waals surface area contributed by atoms with Gasteiger partial charge in [-0.3, -0.25) is 4.79 Å². The van der Waals surface area contributed by atoms with E-state index < -0.39 is 0 Å². The SMILES string of the molecule is CCCC1CC1NC(=O)CC(N)=S. The molecule has 0 aromatic rings. The van der Waals surface area contributed by atoms with Crippen LogP contribution in [0.3, 0.4) is 0 Å². The molecular weight excluding hydrogens is 184 g/mol. The highest BCUT2D eigenvalue weighted by Crippen LogP contribution is 2.34. The van der Waals surface area contributed by atoms with E-state index in [2.05, 4.69) is 24.5 Å². The first-order valence-corrected chi connectivity index (χ1v) is 5.12. The molecular formula is C9H16N2OS. The monoisotopic (exact) mass is 200 g/mol. The first-order chi connectivity index (χ1) is 6.13. The third-order valence-electron chi connectivity index (χ3n) is 2.26. The molecule has 0 spiro atoms. The van der Waals surface area contributed by atoms with E-state index in [1.165, 1.54) is 12.8 Å². The lowest BCUT2D eigenvalue weighted by molar-refractivity contribution is -0.120. The van der Waals surface area contributed by atoms with Crippen LogP contribution in [0.5, 0.6) is 0 Å². The van der Waals surface area contributed by atoms with Crippen molar-refractivity contribution in [2.75, 3.05) is 0 Å². The van der Waals surface area contributed by atoms with Crippen molar-refractivity contribution in [3.05, 3.63) is 0 Å². The Bertz CT molecular complexity index is 218. The van der Waals surface area contributed by atoms with Crippen molar-refractivity contribution in [3.8, 4) is 0 Å². The fraction of sp³-hybridized carbons (Fsp3) is 0.778. The summed E-state index contributed by atoms with van der Waals surface area (Å²) >= 11 is 4.64. The van der Waals surface area contributed by atoms with Gasteiger partial charge < -0.3 is 11.1 Å². The van der Waals surface area contributed by atoms with Gasteiger partial charge >= 0.3 is 0 Å². The molecule has 1 rings (SSSR count). The molecule has 0 aromatic heterocycles. The van der Waals surface area contributed by atoms with Gasteiger partial charge in [-0.25, -0.2) is 0 Å². The van der Waals surface area contributed by atoms with Gasteiger partial charge in [-0.05, 0) is 18.8 Å². The van der Waals surface area contributed by atoms with Crippen molar-refractivity contribution in [3.63, 3.8) is 0 Å². The molecule has 1 aliphatic carbocycles. The predicted molar refractivity (Wildman–Crippen MR) is 56.3 cm³/mol. The second-order valence-electron chi connectivity index (χ2n) is 3.60. The molecule has 3 nitrogen and oxygen atoms in total. The Morgan fingerprint density at radius 3 is 2.92 bits per heavy atom. The fourth-order valence-corrected chi connectivity index (χ4v) is 1.66. The minimum atomic E-state index is -0.0314. The molecule has 1 fully saturated rings. The average molecular weight is 200 g/mol. The normalized spacial score (nSPS) is 25.3. The summed E-state index contributed by atoms with van der Waals surface area (Å²) in [7, 11) is 0. The van der Waals surface area contributed by atoms with Gasteiger partial charge in [0.25, 0.3) is 0 Å². The van der Waals surface area contributed by atoms with E-state index in [1.807, 2.05) is 0 Å². The smallest absolute Gasteiger partial charge is 0.227 e. The zero-order valence-corrected chi connectivity index (χ0v) is 8.69. The fourth-order valence-electron chi connectivity index (χ4n) is 1.53. The Morgan fingerprint density at radius 1 is 1.69 bits per heavy atom. The topological polar surface area (TPSA) is 55.1 Å². The van der Waals surface area contributed by atoms with E-state index in [1.54, 1.807) is 0 Å². The van der Waals surface area contributed by atoms with Crippen LogP contribution >= 0.6 is 12.2 Å². The van der Waals surface area contributed by atoms with Gasteiger partial charge in [-0.15, -0.1) is 0 Å². The number of carbonyl (C=O) groups excluding carboxylic acids is 1. The molecule has 4 heteroatoms. The maximum atomic E-state index is 11.2. The Morgan fingerprint density at radius 2 is 2.38 bits per heavy atom. The number of nitrogens with one attached hydrogen (secondary N) is 1. The number of hydrogen-bond donors (Lipinski definition) is 2. The van der Waals surface area contributed by atoms with Crippen molar-refractivity contribution in [2.24, 2.45) is 11.7 Å². The number of rotatable bonds is 5. The standard InChI is InChI=1S/C9H16N2OS/c1-2-3-6-4-7(6)11-9(12)5-8(10)13/h6-7H,2-5H2,1H3,(H2,10,13)(H,11,12). The predicted octanol–water partition coefficient (Wildman–Crippen LogP) is 0.967. The van der Waals surface area contributed by atoms with Gasteiger partial charge in [0.1, 0.15) is 0 Å². The molecule has 0 radical (unpaired) electrons. The second-order valence-corrected chi connectivity index (χ2v) is 4.13. The molecule has 0 saturated heterocycles. The summed E-state index contributed by atoms with van der Waals surface area (Å²) in [4.78, 5) is 11.4. The van der Waals surface area contributed by atoms with Crippen LogP contribution in [-0.2, 0) is 4.79 Å². The number of hydrogen-bond acceptors (Lipinski definition) is 2. The van der Waals surface area contributed by atoms with Gasteiger partial charge in [-0.2, -0.15) is 0 Å². The lowest BCUT2D eigenvalue weighted by Crippen LogP contribution is -2.30. The number of nitrogens with two attached hydrogens (primary N) is 1. The summed E-state index contributed by atoms with van der Waals surface area (Å²) in [6.45, 7) is 2.16. The van der Waals surface area contributed by atoms with Gasteiger partial charge in [0.05, 0.1) is 11.4 Å². The maximum Gasteiger partial charge on any atom is 0.227 e. The first kappa shape index (κ1) is 10.4. The molecule has 74 valence electrons. The lowest BCUT2D eigenvalue weighted by Gasteiger charge is -2.02. The summed E-state index contributed by atoms with van der Waals surface area (Å²) in [6.07, 6.45) is 3.70. The Balaban J connectivity index is 2.13. The number of amides is 1. The van der Waals surface area contributed by atoms with Crippen molar-refractivity contribution < 1.29 is 4.79 Å². The molecule has 2 unspecified atom stereocenters. The Labute approximate surface area is 84.1 Å². The molecule has 0 heterocycles. The van der Waals surface area contributed by atoms with Gasteiger partial charge in [-0.1, -0.05) is 25.6 Å². The highest BCUT2D eigenvalue weighted by Gasteiger charge is 2.36.